The van der Waals surface area contributed by atoms with Crippen LogP contribution in [0.15, 0.2) is 53.9 Å². The second-order valence-corrected chi connectivity index (χ2v) is 10.1. The summed E-state index contributed by atoms with van der Waals surface area (Å²) in [6.07, 6.45) is 2.71. The van der Waals surface area contributed by atoms with Gasteiger partial charge in [0, 0.05) is 23.0 Å². The molecule has 2 aromatic carbocycles. The lowest BCUT2D eigenvalue weighted by Gasteiger charge is -2.38. The Morgan fingerprint density at radius 2 is 1.88 bits per heavy atom. The number of nitrogens with zero attached hydrogens (tertiary/aromatic N) is 2. The van der Waals surface area contributed by atoms with Gasteiger partial charge in [-0.2, -0.15) is 0 Å². The third kappa shape index (κ3) is 3.74. The molecule has 1 atom stereocenters. The van der Waals surface area contributed by atoms with Crippen LogP contribution in [0.5, 0.6) is 11.5 Å². The van der Waals surface area contributed by atoms with Crippen molar-refractivity contribution >= 4 is 23.2 Å². The summed E-state index contributed by atoms with van der Waals surface area (Å²) in [5, 5.41) is 2.11. The number of rotatable bonds is 5. The number of fused-ring (bicyclic) bond motifs is 2. The predicted molar refractivity (Wildman–Crippen MR) is 129 cm³/mol. The summed E-state index contributed by atoms with van der Waals surface area (Å²) in [5.74, 6) is 1.08. The van der Waals surface area contributed by atoms with Crippen molar-refractivity contribution in [3.05, 3.63) is 81.0 Å². The highest BCUT2D eigenvalue weighted by atomic mass is 32.1. The van der Waals surface area contributed by atoms with Crippen LogP contribution in [0.4, 0.5) is 0 Å². The molecule has 0 saturated heterocycles. The third-order valence-corrected chi connectivity index (χ3v) is 7.94. The van der Waals surface area contributed by atoms with Crippen molar-refractivity contribution in [2.24, 2.45) is 0 Å². The van der Waals surface area contributed by atoms with Crippen LogP contribution in [0.25, 0.3) is 0 Å². The maximum Gasteiger partial charge on any atom is 0.254 e. The molecule has 1 saturated carbocycles. The minimum Gasteiger partial charge on any atom is -0.454 e. The number of carbonyl (C=O) groups is 2. The SMILES string of the molecule is Cc1ccccc1C1c2ccsc2CCN1C(=O)CN(C(=O)c1ccc2c(c1)OCO2)C1CC1. The average Bonchev–Trinajstić information content (AvgIpc) is 3.38. The van der Waals surface area contributed by atoms with Crippen LogP contribution in [0.1, 0.15) is 50.8 Å². The summed E-state index contributed by atoms with van der Waals surface area (Å²) < 4.78 is 10.8. The first-order valence-electron chi connectivity index (χ1n) is 11.7. The number of carbonyl (C=O) groups excluding carboxylic acids is 2. The van der Waals surface area contributed by atoms with E-state index in [0.29, 0.717) is 23.6 Å². The highest BCUT2D eigenvalue weighted by Crippen LogP contribution is 2.40. The van der Waals surface area contributed by atoms with Crippen molar-refractivity contribution in [1.82, 2.24) is 9.80 Å². The predicted octanol–water partition coefficient (Wildman–Crippen LogP) is 4.56. The topological polar surface area (TPSA) is 59.1 Å². The molecule has 3 heterocycles. The molecule has 2 amide bonds. The number of ether oxygens (including phenoxy) is 2. The zero-order valence-electron chi connectivity index (χ0n) is 19.0. The Kier molecular flexibility index (Phi) is 5.29. The summed E-state index contributed by atoms with van der Waals surface area (Å²) in [6, 6.07) is 15.6. The van der Waals surface area contributed by atoms with Crippen LogP contribution < -0.4 is 9.47 Å². The van der Waals surface area contributed by atoms with Gasteiger partial charge >= 0.3 is 0 Å². The number of thiophene rings is 1. The monoisotopic (exact) mass is 474 g/mol. The third-order valence-electron chi connectivity index (χ3n) is 6.94. The smallest absolute Gasteiger partial charge is 0.254 e. The molecule has 2 aliphatic heterocycles. The van der Waals surface area contributed by atoms with Gasteiger partial charge in [-0.1, -0.05) is 24.3 Å². The number of hydrogen-bond acceptors (Lipinski definition) is 5. The summed E-state index contributed by atoms with van der Waals surface area (Å²) in [7, 11) is 0. The molecule has 6 rings (SSSR count). The van der Waals surface area contributed by atoms with E-state index in [-0.39, 0.29) is 37.2 Å². The van der Waals surface area contributed by atoms with E-state index in [2.05, 4.69) is 30.5 Å². The number of amides is 2. The van der Waals surface area contributed by atoms with Gasteiger partial charge in [-0.05, 0) is 72.5 Å². The van der Waals surface area contributed by atoms with Gasteiger partial charge in [0.1, 0.15) is 6.54 Å². The molecule has 3 aliphatic rings. The normalized spacial score (nSPS) is 18.5. The van der Waals surface area contributed by atoms with Crippen LogP contribution in [0.2, 0.25) is 0 Å². The van der Waals surface area contributed by atoms with Crippen molar-refractivity contribution in [3.8, 4) is 11.5 Å². The second kappa shape index (κ2) is 8.47. The largest absolute Gasteiger partial charge is 0.454 e. The van der Waals surface area contributed by atoms with Crippen molar-refractivity contribution in [2.75, 3.05) is 19.9 Å². The number of hydrogen-bond donors (Lipinski definition) is 0. The average molecular weight is 475 g/mol. The summed E-state index contributed by atoms with van der Waals surface area (Å²) >= 11 is 1.76. The van der Waals surface area contributed by atoms with Crippen LogP contribution in [-0.2, 0) is 11.2 Å². The Bertz CT molecular complexity index is 1270. The lowest BCUT2D eigenvalue weighted by atomic mass is 9.90. The van der Waals surface area contributed by atoms with E-state index in [0.717, 1.165) is 24.8 Å². The van der Waals surface area contributed by atoms with Gasteiger partial charge in [0.05, 0.1) is 6.04 Å². The standard InChI is InChI=1S/C27H26N2O4S/c1-17-4-2-3-5-20(17)26-21-11-13-34-24(21)10-12-28(26)25(30)15-29(19-7-8-19)27(31)18-6-9-22-23(14-18)33-16-32-22/h2-6,9,11,13-14,19,26H,7-8,10,12,15-16H2,1H3. The van der Waals surface area contributed by atoms with Gasteiger partial charge in [-0.3, -0.25) is 9.59 Å². The minimum absolute atomic E-state index is 0.00824. The van der Waals surface area contributed by atoms with Gasteiger partial charge in [0.15, 0.2) is 11.5 Å². The molecule has 0 spiro atoms. The Balaban J connectivity index is 1.29. The van der Waals surface area contributed by atoms with E-state index in [1.54, 1.807) is 34.4 Å². The quantitative estimate of drug-likeness (QED) is 0.544. The lowest BCUT2D eigenvalue weighted by molar-refractivity contribution is -0.134. The Morgan fingerprint density at radius 3 is 2.71 bits per heavy atom. The van der Waals surface area contributed by atoms with E-state index >= 15 is 0 Å². The molecule has 3 aromatic rings. The molecule has 6 nitrogen and oxygen atoms in total. The molecule has 1 aliphatic carbocycles. The fourth-order valence-corrected chi connectivity index (χ4v) is 5.90. The maximum atomic E-state index is 13.8. The lowest BCUT2D eigenvalue weighted by Crippen LogP contribution is -2.47. The number of aryl methyl sites for hydroxylation is 1. The highest BCUT2D eigenvalue weighted by Gasteiger charge is 2.39. The number of benzene rings is 2. The fourth-order valence-electron chi connectivity index (χ4n) is 5.00. The first kappa shape index (κ1) is 21.2. The Labute approximate surface area is 202 Å². The molecule has 0 N–H and O–H groups in total. The van der Waals surface area contributed by atoms with E-state index in [9.17, 15) is 9.59 Å². The van der Waals surface area contributed by atoms with E-state index in [4.69, 9.17) is 9.47 Å². The van der Waals surface area contributed by atoms with Crippen molar-refractivity contribution < 1.29 is 19.1 Å². The molecule has 1 aromatic heterocycles. The van der Waals surface area contributed by atoms with E-state index < -0.39 is 0 Å². The van der Waals surface area contributed by atoms with Crippen LogP contribution >= 0.6 is 11.3 Å². The summed E-state index contributed by atoms with van der Waals surface area (Å²) in [6.45, 7) is 3.00. The van der Waals surface area contributed by atoms with Gasteiger partial charge in [-0.15, -0.1) is 11.3 Å². The first-order valence-corrected chi connectivity index (χ1v) is 12.6. The van der Waals surface area contributed by atoms with Gasteiger partial charge < -0.3 is 19.3 Å². The minimum atomic E-state index is -0.130. The van der Waals surface area contributed by atoms with Gasteiger partial charge in [0.2, 0.25) is 12.7 Å². The first-order chi connectivity index (χ1) is 16.6. The van der Waals surface area contributed by atoms with Crippen LogP contribution in [-0.4, -0.2) is 47.5 Å². The molecule has 34 heavy (non-hydrogen) atoms. The van der Waals surface area contributed by atoms with Gasteiger partial charge in [-0.25, -0.2) is 0 Å². The summed E-state index contributed by atoms with van der Waals surface area (Å²) in [4.78, 5) is 32.3. The zero-order chi connectivity index (χ0) is 23.2. The highest BCUT2D eigenvalue weighted by molar-refractivity contribution is 7.10. The van der Waals surface area contributed by atoms with E-state index in [1.807, 2.05) is 17.0 Å². The van der Waals surface area contributed by atoms with Crippen LogP contribution in [0.3, 0.4) is 0 Å². The molecule has 0 radical (unpaired) electrons. The van der Waals surface area contributed by atoms with Crippen molar-refractivity contribution in [3.63, 3.8) is 0 Å². The molecule has 1 fully saturated rings. The van der Waals surface area contributed by atoms with Crippen molar-refractivity contribution in [1.29, 1.82) is 0 Å². The van der Waals surface area contributed by atoms with Crippen LogP contribution in [0, 0.1) is 6.92 Å². The van der Waals surface area contributed by atoms with Gasteiger partial charge in [0.25, 0.3) is 5.91 Å². The molecular formula is C27H26N2O4S. The molecule has 174 valence electrons. The van der Waals surface area contributed by atoms with Crippen molar-refractivity contribution in [2.45, 2.75) is 38.3 Å². The second-order valence-electron chi connectivity index (χ2n) is 9.13. The molecule has 7 heteroatoms. The van der Waals surface area contributed by atoms with E-state index in [1.165, 1.54) is 16.0 Å². The fraction of sp³-hybridized carbons (Fsp3) is 0.333. The molecular weight excluding hydrogens is 448 g/mol. The zero-order valence-corrected chi connectivity index (χ0v) is 19.8. The Hall–Kier alpha value is -3.32. The summed E-state index contributed by atoms with van der Waals surface area (Å²) in [5.41, 5.74) is 4.05. The molecule has 1 unspecified atom stereocenters. The molecule has 0 bridgehead atoms. The maximum absolute atomic E-state index is 13.8. The Morgan fingerprint density at radius 1 is 1.06 bits per heavy atom.